The van der Waals surface area contributed by atoms with Crippen molar-refractivity contribution in [3.8, 4) is 0 Å². The van der Waals surface area contributed by atoms with Gasteiger partial charge in [-0.3, -0.25) is 18.3 Å². The van der Waals surface area contributed by atoms with Gasteiger partial charge in [-0.25, -0.2) is 0 Å². The van der Waals surface area contributed by atoms with Crippen LogP contribution in [-0.2, 0) is 54.5 Å². The van der Waals surface area contributed by atoms with E-state index in [1.165, 1.54) is 20.0 Å². The molecule has 23 heteroatoms. The molecule has 8 radical (unpaired) electrons. The Morgan fingerprint density at radius 3 is 0.987 bits per heavy atom. The van der Waals surface area contributed by atoms with E-state index < -0.39 is 54.8 Å². The summed E-state index contributed by atoms with van der Waals surface area (Å²) in [4.78, 5) is 0. The highest BCUT2D eigenvalue weighted by Crippen LogP contribution is 2.54. The van der Waals surface area contributed by atoms with Gasteiger partial charge in [-0.1, -0.05) is 111 Å². The first kappa shape index (κ1) is 77.8. The summed E-state index contributed by atoms with van der Waals surface area (Å²) < 4.78 is 93.9. The third-order valence-corrected chi connectivity index (χ3v) is 19.9. The normalized spacial score (nSPS) is 33.7. The van der Waals surface area contributed by atoms with Crippen molar-refractivity contribution >= 4 is 61.8 Å². The second kappa shape index (κ2) is 36.1. The molecule has 19 unspecified atom stereocenters. The Balaban J connectivity index is 0.000000527. The van der Waals surface area contributed by atoms with Crippen LogP contribution in [0.15, 0.2) is 0 Å². The van der Waals surface area contributed by atoms with Crippen LogP contribution in [0.2, 0.25) is 23.3 Å². The lowest BCUT2D eigenvalue weighted by atomic mass is 9.66. The molecule has 458 valence electrons. The Morgan fingerprint density at radius 1 is 0.367 bits per heavy atom. The maximum atomic E-state index is 12.4. The van der Waals surface area contributed by atoms with Crippen molar-refractivity contribution in [2.75, 3.05) is 26.7 Å². The van der Waals surface area contributed by atoms with Gasteiger partial charge in [0.1, 0.15) is 0 Å². The first-order chi connectivity index (χ1) is 36.0. The molecule has 3 N–H and O–H groups in total. The predicted molar refractivity (Wildman–Crippen MR) is 328 cm³/mol. The highest BCUT2D eigenvalue weighted by Gasteiger charge is 2.42. The molecule has 0 saturated heterocycles. The fraction of sp³-hybridized carbons (Fsp3) is 1.00. The van der Waals surface area contributed by atoms with E-state index in [0.29, 0.717) is 61.7 Å². The van der Waals surface area contributed by atoms with Crippen LogP contribution < -0.4 is 0 Å². The molecule has 0 bridgehead atoms. The maximum Gasteiger partial charge on any atom is 0.328 e. The van der Waals surface area contributed by atoms with Gasteiger partial charge in [-0.2, -0.15) is 0 Å². The average molecular weight is 1190 g/mol. The largest absolute Gasteiger partial charge is 0.394 e. The van der Waals surface area contributed by atoms with E-state index in [-0.39, 0.29) is 83.8 Å². The van der Waals surface area contributed by atoms with Gasteiger partial charge in [0.25, 0.3) is 0 Å². The van der Waals surface area contributed by atoms with Crippen molar-refractivity contribution in [3.63, 3.8) is 0 Å². The third kappa shape index (κ3) is 33.4. The smallest absolute Gasteiger partial charge is 0.328 e. The third-order valence-electron chi connectivity index (χ3n) is 14.1. The van der Waals surface area contributed by atoms with Crippen molar-refractivity contribution in [1.29, 1.82) is 0 Å². The number of aliphatic hydroxyl groups is 3. The van der Waals surface area contributed by atoms with Crippen LogP contribution in [0, 0.1) is 47.3 Å². The second-order valence-corrected chi connectivity index (χ2v) is 34.4. The molecule has 4 rings (SSSR count). The Kier molecular flexibility index (Phi) is 35.6. The summed E-state index contributed by atoms with van der Waals surface area (Å²) in [6.45, 7) is 38.0. The van der Waals surface area contributed by atoms with E-state index in [1.807, 2.05) is 55.4 Å². The fourth-order valence-electron chi connectivity index (χ4n) is 11.7. The zero-order chi connectivity index (χ0) is 61.1. The summed E-state index contributed by atoms with van der Waals surface area (Å²) in [6, 6.07) is 0. The molecule has 4 aliphatic rings. The van der Waals surface area contributed by atoms with Gasteiger partial charge in [0.05, 0.1) is 98.5 Å². The van der Waals surface area contributed by atoms with Gasteiger partial charge >= 0.3 is 30.4 Å². The van der Waals surface area contributed by atoms with Crippen molar-refractivity contribution in [2.45, 2.75) is 285 Å². The monoisotopic (exact) mass is 1190 g/mol. The van der Waals surface area contributed by atoms with Crippen LogP contribution in [0.1, 0.15) is 194 Å². The molecule has 19 atom stereocenters. The fourth-order valence-corrected chi connectivity index (χ4v) is 18.0. The number of aliphatic hydroxyl groups excluding tert-OH is 3. The quantitative estimate of drug-likeness (QED) is 0.0608. The Hall–Kier alpha value is 0.740. The van der Waals surface area contributed by atoms with E-state index in [2.05, 4.69) is 55.4 Å². The number of hydrogen-bond acceptors (Lipinski definition) is 15. The lowest BCUT2D eigenvalue weighted by Crippen LogP contribution is -2.41. The molecular weight excluding hydrogens is 1080 g/mol. The van der Waals surface area contributed by atoms with Crippen molar-refractivity contribution in [2.24, 2.45) is 47.3 Å². The summed E-state index contributed by atoms with van der Waals surface area (Å²) in [7, 11) is 11.6. The molecule has 0 aromatic rings. The molecule has 15 nitrogen and oxygen atoms in total. The van der Waals surface area contributed by atoms with E-state index in [9.17, 15) is 33.6 Å². The molecule has 0 heterocycles. The van der Waals surface area contributed by atoms with Crippen LogP contribution in [0.25, 0.3) is 0 Å². The zero-order valence-electron chi connectivity index (χ0n) is 52.8. The Bertz CT molecular complexity index is 1810. The molecule has 0 aromatic heterocycles. The van der Waals surface area contributed by atoms with E-state index in [4.69, 9.17) is 67.6 Å². The maximum absolute atomic E-state index is 12.4. The van der Waals surface area contributed by atoms with Gasteiger partial charge in [-0.05, 0) is 154 Å². The average Bonchev–Trinajstić information content (AvgIpc) is 3.22. The second-order valence-electron chi connectivity index (χ2n) is 26.5. The van der Waals surface area contributed by atoms with Crippen LogP contribution >= 0.6 is 30.4 Å². The predicted octanol–water partition coefficient (Wildman–Crippen LogP) is 14.6. The highest BCUT2D eigenvalue weighted by molar-refractivity contribution is 7.53. The van der Waals surface area contributed by atoms with Gasteiger partial charge in [0.2, 0.25) is 0 Å². The van der Waals surface area contributed by atoms with Crippen LogP contribution in [0.4, 0.5) is 0 Å². The minimum Gasteiger partial charge on any atom is -0.394 e. The van der Waals surface area contributed by atoms with Crippen LogP contribution in [-0.4, -0.2) is 141 Å². The number of rotatable bonds is 24. The van der Waals surface area contributed by atoms with Gasteiger partial charge < -0.3 is 51.5 Å². The molecule has 0 spiro atoms. The summed E-state index contributed by atoms with van der Waals surface area (Å²) in [5.41, 5.74) is 0. The standard InChI is InChI=1S/3C14H28BO4P.C14H28BO3P/c2*1-9(2)6-11-7-12(15)13(16)8-14(11)19-20(5,17)18-10(3)4;1-9(2)6-11-7-12(15)8-13(16)14(11)19-20(5,17)18-10(3)4;1-10(2)8-12-9-13(15)6-7-14(12)18-19(5,16)17-11(3)4/h3*9-14,16H,6-8H2,1-5H3;10-14H,6-9H2,1-5H3. The number of hydrogen-bond donors (Lipinski definition) is 3. The highest BCUT2D eigenvalue weighted by atomic mass is 31.2. The van der Waals surface area contributed by atoms with E-state index in [1.54, 1.807) is 6.66 Å². The van der Waals surface area contributed by atoms with Crippen molar-refractivity contribution in [3.05, 3.63) is 0 Å². The zero-order valence-corrected chi connectivity index (χ0v) is 56.4. The SMILES string of the molecule is [B]C1CC(CC(C)C)C(OP(C)(=O)OC(C)C)CC1O.[B]C1CC(CC(C)C)C(OP(C)(=O)OC(C)C)CC1O.[B]C1CC(O)C(OP(C)(=O)OC(C)C)C(CC(C)C)C1.[B]C1CCC(OP(C)(=O)OC(C)C)C(CC(C)C)C1. The molecule has 0 aromatic carbocycles. The van der Waals surface area contributed by atoms with Crippen molar-refractivity contribution < 1.29 is 69.8 Å². The van der Waals surface area contributed by atoms with Gasteiger partial charge in [0, 0.05) is 26.7 Å². The van der Waals surface area contributed by atoms with E-state index in [0.717, 1.165) is 51.4 Å². The molecule has 79 heavy (non-hydrogen) atoms. The van der Waals surface area contributed by atoms with Crippen LogP contribution in [0.3, 0.4) is 0 Å². The minimum atomic E-state index is -3.16. The minimum absolute atomic E-state index is 0.0177. The van der Waals surface area contributed by atoms with Gasteiger partial charge in [-0.15, -0.1) is 0 Å². The molecule has 0 amide bonds. The van der Waals surface area contributed by atoms with Crippen LogP contribution in [0.5, 0.6) is 0 Å². The van der Waals surface area contributed by atoms with Gasteiger partial charge in [0.15, 0.2) is 0 Å². The molecule has 0 aliphatic heterocycles. The summed E-state index contributed by atoms with van der Waals surface area (Å²) in [5.74, 6) is 2.85. The molecule has 4 saturated carbocycles. The lowest BCUT2D eigenvalue weighted by Gasteiger charge is -2.40. The summed E-state index contributed by atoms with van der Waals surface area (Å²) in [5, 5.41) is 30.1. The summed E-state index contributed by atoms with van der Waals surface area (Å²) >= 11 is 0. The molecule has 4 aliphatic carbocycles. The lowest BCUT2D eigenvalue weighted by molar-refractivity contribution is -0.0422. The molecular formula is C56H112B4O15P4. The first-order valence-corrected chi connectivity index (χ1v) is 37.8. The van der Waals surface area contributed by atoms with Crippen molar-refractivity contribution in [1.82, 2.24) is 0 Å². The Labute approximate surface area is 488 Å². The van der Waals surface area contributed by atoms with E-state index >= 15 is 0 Å². The summed E-state index contributed by atoms with van der Waals surface area (Å²) in [6.07, 6.45) is 6.87. The Morgan fingerprint density at radius 2 is 0.658 bits per heavy atom. The molecule has 4 fully saturated rings. The first-order valence-electron chi connectivity index (χ1n) is 29.8. The topological polar surface area (TPSA) is 203 Å².